The van der Waals surface area contributed by atoms with Crippen LogP contribution in [0, 0.1) is 5.41 Å². The summed E-state index contributed by atoms with van der Waals surface area (Å²) in [6, 6.07) is 5.69. The molecule has 0 aromatic heterocycles. The van der Waals surface area contributed by atoms with Crippen molar-refractivity contribution in [1.29, 1.82) is 0 Å². The topological polar surface area (TPSA) is 21.3 Å². The molecule has 3 heteroatoms. The van der Waals surface area contributed by atoms with Gasteiger partial charge in [0.25, 0.3) is 0 Å². The van der Waals surface area contributed by atoms with Crippen LogP contribution < -0.4 is 10.1 Å². The van der Waals surface area contributed by atoms with E-state index in [2.05, 4.69) is 33.0 Å². The molecule has 0 unspecified atom stereocenters. The number of hydrogen-bond donors (Lipinski definition) is 1. The van der Waals surface area contributed by atoms with E-state index < -0.39 is 0 Å². The van der Waals surface area contributed by atoms with Crippen molar-refractivity contribution in [3.8, 4) is 5.75 Å². The summed E-state index contributed by atoms with van der Waals surface area (Å²) in [7, 11) is 0. The van der Waals surface area contributed by atoms with E-state index in [9.17, 15) is 0 Å². The zero-order valence-electron chi connectivity index (χ0n) is 11.1. The van der Waals surface area contributed by atoms with Gasteiger partial charge < -0.3 is 10.1 Å². The molecule has 0 radical (unpaired) electrons. The summed E-state index contributed by atoms with van der Waals surface area (Å²) in [5, 5.41) is 4.12. The number of hydrogen-bond acceptors (Lipinski definition) is 2. The molecule has 96 valence electrons. The van der Waals surface area contributed by atoms with E-state index in [0.29, 0.717) is 0 Å². The Morgan fingerprint density at radius 2 is 2.00 bits per heavy atom. The van der Waals surface area contributed by atoms with Gasteiger partial charge in [-0.3, -0.25) is 0 Å². The van der Waals surface area contributed by atoms with Crippen molar-refractivity contribution in [2.24, 2.45) is 5.41 Å². The molecule has 0 saturated carbocycles. The monoisotopic (exact) mass is 255 g/mol. The molecule has 0 amide bonds. The number of halogens is 1. The van der Waals surface area contributed by atoms with Crippen molar-refractivity contribution in [3.05, 3.63) is 23.2 Å². The summed E-state index contributed by atoms with van der Waals surface area (Å²) >= 11 is 6.01. The normalized spacial score (nSPS) is 11.4. The maximum absolute atomic E-state index is 6.01. The predicted octanol–water partition coefficient (Wildman–Crippen LogP) is 4.59. The Labute approximate surface area is 109 Å². The number of ether oxygens (including phenoxy) is 1. The Hall–Kier alpha value is -0.890. The Kier molecular flexibility index (Phi) is 5.13. The average Bonchev–Trinajstić information content (AvgIpc) is 2.24. The Balaban J connectivity index is 2.76. The number of nitrogens with one attached hydrogen (secondary N) is 1. The van der Waals surface area contributed by atoms with Crippen LogP contribution in [0.3, 0.4) is 0 Å². The van der Waals surface area contributed by atoms with Crippen molar-refractivity contribution in [2.75, 3.05) is 18.5 Å². The first-order valence-electron chi connectivity index (χ1n) is 6.08. The molecule has 0 spiro atoms. The van der Waals surface area contributed by atoms with E-state index in [1.165, 1.54) is 0 Å². The van der Waals surface area contributed by atoms with Gasteiger partial charge in [0.2, 0.25) is 0 Å². The summed E-state index contributed by atoms with van der Waals surface area (Å²) < 4.78 is 5.69. The van der Waals surface area contributed by atoms with Gasteiger partial charge in [-0.2, -0.15) is 0 Å². The zero-order chi connectivity index (χ0) is 12.9. The fourth-order valence-electron chi connectivity index (χ4n) is 1.34. The molecule has 2 nitrogen and oxygen atoms in total. The van der Waals surface area contributed by atoms with Crippen molar-refractivity contribution in [3.63, 3.8) is 0 Å². The van der Waals surface area contributed by atoms with Gasteiger partial charge in [0.05, 0.1) is 12.3 Å². The van der Waals surface area contributed by atoms with Crippen molar-refractivity contribution < 1.29 is 4.74 Å². The molecule has 1 aromatic rings. The highest BCUT2D eigenvalue weighted by atomic mass is 35.5. The predicted molar refractivity (Wildman–Crippen MR) is 75.2 cm³/mol. The number of rotatable bonds is 5. The Bertz CT molecular complexity index is 358. The lowest BCUT2D eigenvalue weighted by Gasteiger charge is -2.21. The summed E-state index contributed by atoms with van der Waals surface area (Å²) in [6.07, 6.45) is 1.00. The number of anilines is 1. The van der Waals surface area contributed by atoms with E-state index >= 15 is 0 Å². The molecule has 17 heavy (non-hydrogen) atoms. The third-order valence-corrected chi connectivity index (χ3v) is 2.45. The minimum Gasteiger partial charge on any atom is -0.491 e. The molecule has 0 aliphatic carbocycles. The maximum Gasteiger partial charge on any atom is 0.142 e. The lowest BCUT2D eigenvalue weighted by molar-refractivity contribution is 0.318. The lowest BCUT2D eigenvalue weighted by atomic mass is 9.97. The van der Waals surface area contributed by atoms with E-state index in [-0.39, 0.29) is 5.41 Å². The summed E-state index contributed by atoms with van der Waals surface area (Å²) in [5.74, 6) is 0.875. The SMILES string of the molecule is CCCOc1ccc(Cl)cc1NCC(C)(C)C. The quantitative estimate of drug-likeness (QED) is 0.831. The third-order valence-electron chi connectivity index (χ3n) is 2.21. The summed E-state index contributed by atoms with van der Waals surface area (Å²) in [4.78, 5) is 0. The molecule has 1 N–H and O–H groups in total. The first kappa shape index (κ1) is 14.2. The van der Waals surface area contributed by atoms with Gasteiger partial charge in [-0.15, -0.1) is 0 Å². The second-order valence-electron chi connectivity index (χ2n) is 5.40. The van der Waals surface area contributed by atoms with Gasteiger partial charge >= 0.3 is 0 Å². The standard InChI is InChI=1S/C14H22ClNO/c1-5-8-17-13-7-6-11(15)9-12(13)16-10-14(2,3)4/h6-7,9,16H,5,8,10H2,1-4H3. The highest BCUT2D eigenvalue weighted by molar-refractivity contribution is 6.30. The molecule has 0 atom stereocenters. The highest BCUT2D eigenvalue weighted by Gasteiger charge is 2.11. The fraction of sp³-hybridized carbons (Fsp3) is 0.571. The minimum absolute atomic E-state index is 0.227. The first-order valence-corrected chi connectivity index (χ1v) is 6.46. The van der Waals surface area contributed by atoms with E-state index in [0.717, 1.165) is 36.0 Å². The van der Waals surface area contributed by atoms with Gasteiger partial charge in [0.15, 0.2) is 0 Å². The number of benzene rings is 1. The summed E-state index contributed by atoms with van der Waals surface area (Å²) in [6.45, 7) is 10.3. The van der Waals surface area contributed by atoms with Gasteiger partial charge in [-0.1, -0.05) is 39.3 Å². The van der Waals surface area contributed by atoms with Crippen LogP contribution in [0.5, 0.6) is 5.75 Å². The molecule has 1 rings (SSSR count). The molecule has 0 aliphatic heterocycles. The fourth-order valence-corrected chi connectivity index (χ4v) is 1.51. The largest absolute Gasteiger partial charge is 0.491 e. The Morgan fingerprint density at radius 3 is 2.59 bits per heavy atom. The molecular formula is C14H22ClNO. The van der Waals surface area contributed by atoms with Crippen LogP contribution in [0.25, 0.3) is 0 Å². The van der Waals surface area contributed by atoms with Crippen LogP contribution in [0.1, 0.15) is 34.1 Å². The van der Waals surface area contributed by atoms with Crippen LogP contribution in [0.2, 0.25) is 5.02 Å². The molecular weight excluding hydrogens is 234 g/mol. The maximum atomic E-state index is 6.01. The lowest BCUT2D eigenvalue weighted by Crippen LogP contribution is -2.19. The average molecular weight is 256 g/mol. The molecule has 0 saturated heterocycles. The van der Waals surface area contributed by atoms with E-state index in [4.69, 9.17) is 16.3 Å². The minimum atomic E-state index is 0.227. The van der Waals surface area contributed by atoms with E-state index in [1.807, 2.05) is 18.2 Å². The Morgan fingerprint density at radius 1 is 1.29 bits per heavy atom. The van der Waals surface area contributed by atoms with Crippen LogP contribution >= 0.6 is 11.6 Å². The smallest absolute Gasteiger partial charge is 0.142 e. The molecule has 0 aliphatic rings. The first-order chi connectivity index (χ1) is 7.92. The van der Waals surface area contributed by atoms with Crippen LogP contribution in [-0.4, -0.2) is 13.2 Å². The third kappa shape index (κ3) is 5.31. The molecule has 0 heterocycles. The van der Waals surface area contributed by atoms with Crippen molar-refractivity contribution >= 4 is 17.3 Å². The second-order valence-corrected chi connectivity index (χ2v) is 5.84. The van der Waals surface area contributed by atoms with Gasteiger partial charge in [0.1, 0.15) is 5.75 Å². The summed E-state index contributed by atoms with van der Waals surface area (Å²) in [5.41, 5.74) is 1.20. The molecule has 1 aromatic carbocycles. The van der Waals surface area contributed by atoms with Crippen LogP contribution in [0.15, 0.2) is 18.2 Å². The second kappa shape index (κ2) is 6.15. The highest BCUT2D eigenvalue weighted by Crippen LogP contribution is 2.29. The molecule has 0 bridgehead atoms. The van der Waals surface area contributed by atoms with Gasteiger partial charge in [-0.05, 0) is 30.0 Å². The van der Waals surface area contributed by atoms with Crippen LogP contribution in [-0.2, 0) is 0 Å². The van der Waals surface area contributed by atoms with Gasteiger partial charge in [-0.25, -0.2) is 0 Å². The van der Waals surface area contributed by atoms with Gasteiger partial charge in [0, 0.05) is 11.6 Å². The van der Waals surface area contributed by atoms with Crippen molar-refractivity contribution in [1.82, 2.24) is 0 Å². The molecule has 0 fully saturated rings. The van der Waals surface area contributed by atoms with Crippen molar-refractivity contribution in [2.45, 2.75) is 34.1 Å². The van der Waals surface area contributed by atoms with Crippen LogP contribution in [0.4, 0.5) is 5.69 Å². The zero-order valence-corrected chi connectivity index (χ0v) is 11.9. The van der Waals surface area contributed by atoms with E-state index in [1.54, 1.807) is 0 Å².